The smallest absolute Gasteiger partial charge is 0.272 e. The second kappa shape index (κ2) is 9.71. The van der Waals surface area contributed by atoms with E-state index >= 15 is 0 Å². The van der Waals surface area contributed by atoms with E-state index in [2.05, 4.69) is 26.6 Å². The maximum Gasteiger partial charge on any atom is 0.272 e. The number of hydrogen-bond donors (Lipinski definition) is 2. The van der Waals surface area contributed by atoms with Gasteiger partial charge in [-0.1, -0.05) is 52.3 Å². The number of benzene rings is 3. The lowest BCUT2D eigenvalue weighted by molar-refractivity contribution is -0.113. The number of ether oxygens (including phenoxy) is 1. The second-order valence-electron chi connectivity index (χ2n) is 6.08. The van der Waals surface area contributed by atoms with Gasteiger partial charge in [-0.15, -0.1) is 0 Å². The molecular formula is C23H19BrN2O3. The third kappa shape index (κ3) is 5.56. The van der Waals surface area contributed by atoms with E-state index in [1.807, 2.05) is 30.3 Å². The molecule has 5 nitrogen and oxygen atoms in total. The number of anilines is 1. The number of nitrogens with one attached hydrogen (secondary N) is 2. The molecule has 0 unspecified atom stereocenters. The van der Waals surface area contributed by atoms with Crippen LogP contribution in [0.25, 0.3) is 6.08 Å². The number of amides is 2. The van der Waals surface area contributed by atoms with E-state index in [-0.39, 0.29) is 11.6 Å². The quantitative estimate of drug-likeness (QED) is 0.526. The highest BCUT2D eigenvalue weighted by Gasteiger charge is 2.16. The molecule has 2 N–H and O–H groups in total. The SMILES string of the molecule is COc1ccccc1C=C(NC(=O)c1ccccc1)C(=O)Nc1ccc(Br)cc1. The number of halogens is 1. The fourth-order valence-corrected chi connectivity index (χ4v) is 2.88. The molecule has 0 heterocycles. The van der Waals surface area contributed by atoms with Crippen molar-refractivity contribution < 1.29 is 14.3 Å². The zero-order valence-electron chi connectivity index (χ0n) is 15.7. The maximum absolute atomic E-state index is 12.9. The molecule has 0 radical (unpaired) electrons. The average molecular weight is 451 g/mol. The first-order valence-electron chi connectivity index (χ1n) is 8.85. The number of carbonyl (C=O) groups is 2. The first-order chi connectivity index (χ1) is 14.1. The predicted octanol–water partition coefficient (Wildman–Crippen LogP) is 4.87. The van der Waals surface area contributed by atoms with E-state index in [1.165, 1.54) is 0 Å². The summed E-state index contributed by atoms with van der Waals surface area (Å²) >= 11 is 3.36. The molecule has 146 valence electrons. The third-order valence-electron chi connectivity index (χ3n) is 4.07. The van der Waals surface area contributed by atoms with Gasteiger partial charge in [0.1, 0.15) is 11.4 Å². The van der Waals surface area contributed by atoms with E-state index in [0.29, 0.717) is 22.6 Å². The van der Waals surface area contributed by atoms with Gasteiger partial charge in [-0.3, -0.25) is 9.59 Å². The molecule has 0 aliphatic heterocycles. The van der Waals surface area contributed by atoms with Crippen LogP contribution in [0.2, 0.25) is 0 Å². The Balaban J connectivity index is 1.92. The summed E-state index contributed by atoms with van der Waals surface area (Å²) in [6.45, 7) is 0. The highest BCUT2D eigenvalue weighted by atomic mass is 79.9. The van der Waals surface area contributed by atoms with E-state index in [9.17, 15) is 9.59 Å². The number of hydrogen-bond acceptors (Lipinski definition) is 3. The van der Waals surface area contributed by atoms with Crippen LogP contribution in [0.4, 0.5) is 5.69 Å². The molecule has 6 heteroatoms. The summed E-state index contributed by atoms with van der Waals surface area (Å²) in [5.41, 5.74) is 1.84. The summed E-state index contributed by atoms with van der Waals surface area (Å²) in [5, 5.41) is 5.51. The maximum atomic E-state index is 12.9. The van der Waals surface area contributed by atoms with Gasteiger partial charge in [-0.05, 0) is 48.5 Å². The minimum absolute atomic E-state index is 0.103. The number of methoxy groups -OCH3 is 1. The fourth-order valence-electron chi connectivity index (χ4n) is 2.62. The van der Waals surface area contributed by atoms with Crippen LogP contribution in [0.5, 0.6) is 5.75 Å². The number of para-hydroxylation sites is 1. The average Bonchev–Trinajstić information content (AvgIpc) is 2.75. The Morgan fingerprint density at radius 1 is 0.897 bits per heavy atom. The van der Waals surface area contributed by atoms with Gasteiger partial charge in [0, 0.05) is 21.3 Å². The van der Waals surface area contributed by atoms with Gasteiger partial charge in [0.05, 0.1) is 7.11 Å². The van der Waals surface area contributed by atoms with E-state index < -0.39 is 5.91 Å². The van der Waals surface area contributed by atoms with Crippen LogP contribution in [0.1, 0.15) is 15.9 Å². The summed E-state index contributed by atoms with van der Waals surface area (Å²) in [5.74, 6) is -0.226. The summed E-state index contributed by atoms with van der Waals surface area (Å²) in [4.78, 5) is 25.6. The minimum Gasteiger partial charge on any atom is -0.496 e. The lowest BCUT2D eigenvalue weighted by Gasteiger charge is -2.12. The monoisotopic (exact) mass is 450 g/mol. The Hall–Kier alpha value is -3.38. The molecule has 0 spiro atoms. The van der Waals surface area contributed by atoms with Gasteiger partial charge in [0.15, 0.2) is 0 Å². The van der Waals surface area contributed by atoms with Crippen molar-refractivity contribution in [2.75, 3.05) is 12.4 Å². The molecule has 3 rings (SSSR count). The highest BCUT2D eigenvalue weighted by Crippen LogP contribution is 2.21. The van der Waals surface area contributed by atoms with Crippen molar-refractivity contribution in [2.45, 2.75) is 0 Å². The molecule has 29 heavy (non-hydrogen) atoms. The zero-order chi connectivity index (χ0) is 20.6. The van der Waals surface area contributed by atoms with Crippen molar-refractivity contribution in [1.29, 1.82) is 0 Å². The summed E-state index contributed by atoms with van der Waals surface area (Å²) in [7, 11) is 1.55. The van der Waals surface area contributed by atoms with Gasteiger partial charge in [0.25, 0.3) is 11.8 Å². The summed E-state index contributed by atoms with van der Waals surface area (Å²) < 4.78 is 6.25. The molecule has 3 aromatic carbocycles. The van der Waals surface area contributed by atoms with Gasteiger partial charge in [-0.2, -0.15) is 0 Å². The van der Waals surface area contributed by atoms with Crippen LogP contribution < -0.4 is 15.4 Å². The van der Waals surface area contributed by atoms with Gasteiger partial charge in [0.2, 0.25) is 0 Å². The Morgan fingerprint density at radius 3 is 2.24 bits per heavy atom. The molecule has 0 bridgehead atoms. The standard InChI is InChI=1S/C23H19BrN2O3/c1-29-21-10-6-5-9-17(21)15-20(26-22(27)16-7-3-2-4-8-16)23(28)25-19-13-11-18(24)12-14-19/h2-15H,1H3,(H,25,28)(H,26,27). The van der Waals surface area contributed by atoms with Crippen molar-refractivity contribution in [1.82, 2.24) is 5.32 Å². The summed E-state index contributed by atoms with van der Waals surface area (Å²) in [6.07, 6.45) is 1.59. The Labute approximate surface area is 177 Å². The van der Waals surface area contributed by atoms with E-state index in [4.69, 9.17) is 4.74 Å². The topological polar surface area (TPSA) is 67.4 Å². The molecule has 2 amide bonds. The van der Waals surface area contributed by atoms with Crippen molar-refractivity contribution in [3.05, 3.63) is 100 Å². The molecular weight excluding hydrogens is 432 g/mol. The fraction of sp³-hybridized carbons (Fsp3) is 0.0435. The first kappa shape index (κ1) is 20.4. The molecule has 0 saturated carbocycles. The number of carbonyl (C=O) groups excluding carboxylic acids is 2. The second-order valence-corrected chi connectivity index (χ2v) is 7.00. The largest absolute Gasteiger partial charge is 0.496 e. The van der Waals surface area contributed by atoms with Crippen molar-refractivity contribution in [3.63, 3.8) is 0 Å². The minimum atomic E-state index is -0.442. The van der Waals surface area contributed by atoms with Crippen molar-refractivity contribution in [3.8, 4) is 5.75 Å². The zero-order valence-corrected chi connectivity index (χ0v) is 17.3. The molecule has 0 aliphatic rings. The van der Waals surface area contributed by atoms with E-state index in [0.717, 1.165) is 4.47 Å². The third-order valence-corrected chi connectivity index (χ3v) is 4.60. The van der Waals surface area contributed by atoms with Crippen LogP contribution >= 0.6 is 15.9 Å². The van der Waals surface area contributed by atoms with Gasteiger partial charge in [-0.25, -0.2) is 0 Å². The van der Waals surface area contributed by atoms with Gasteiger partial charge >= 0.3 is 0 Å². The Kier molecular flexibility index (Phi) is 6.81. The van der Waals surface area contributed by atoms with Crippen LogP contribution in [-0.4, -0.2) is 18.9 Å². The van der Waals surface area contributed by atoms with Crippen LogP contribution in [0.3, 0.4) is 0 Å². The van der Waals surface area contributed by atoms with Crippen LogP contribution in [-0.2, 0) is 4.79 Å². The Bertz CT molecular complexity index is 1030. The highest BCUT2D eigenvalue weighted by molar-refractivity contribution is 9.10. The van der Waals surface area contributed by atoms with Crippen LogP contribution in [0, 0.1) is 0 Å². The first-order valence-corrected chi connectivity index (χ1v) is 9.64. The molecule has 0 atom stereocenters. The molecule has 0 aliphatic carbocycles. The molecule has 0 fully saturated rings. The lowest BCUT2D eigenvalue weighted by Crippen LogP contribution is -2.30. The predicted molar refractivity (Wildman–Crippen MR) is 118 cm³/mol. The van der Waals surface area contributed by atoms with Gasteiger partial charge < -0.3 is 15.4 Å². The molecule has 3 aromatic rings. The normalized spacial score (nSPS) is 10.9. The van der Waals surface area contributed by atoms with E-state index in [1.54, 1.807) is 61.7 Å². The van der Waals surface area contributed by atoms with Crippen molar-refractivity contribution >= 4 is 39.5 Å². The lowest BCUT2D eigenvalue weighted by atomic mass is 10.1. The summed E-state index contributed by atoms with van der Waals surface area (Å²) in [6, 6.07) is 23.1. The van der Waals surface area contributed by atoms with Crippen LogP contribution in [0.15, 0.2) is 89.0 Å². The number of rotatable bonds is 6. The molecule has 0 saturated heterocycles. The van der Waals surface area contributed by atoms with Crippen molar-refractivity contribution in [2.24, 2.45) is 0 Å². The Morgan fingerprint density at radius 2 is 1.55 bits per heavy atom. The molecule has 0 aromatic heterocycles.